The Morgan fingerprint density at radius 3 is 2.71 bits per heavy atom. The van der Waals surface area contributed by atoms with Gasteiger partial charge in [0.05, 0.1) is 12.2 Å². The van der Waals surface area contributed by atoms with Crippen LogP contribution in [0.2, 0.25) is 0 Å². The lowest BCUT2D eigenvalue weighted by Crippen LogP contribution is -2.16. The minimum atomic E-state index is -0.344. The molecule has 24 heavy (non-hydrogen) atoms. The quantitative estimate of drug-likeness (QED) is 0.716. The van der Waals surface area contributed by atoms with E-state index in [9.17, 15) is 9.59 Å². The van der Waals surface area contributed by atoms with E-state index in [1.807, 2.05) is 13.8 Å². The standard InChI is InChI=1S/C17H26N2O3S.ClH/c1-4-13-11(3)23-16(15(13)17(21)22-5-2)19-14(20)7-6-12-8-9-18-10-12;/h12,18H,4-10H2,1-3H3,(H,19,20);1H. The first-order chi connectivity index (χ1) is 11.1. The summed E-state index contributed by atoms with van der Waals surface area (Å²) in [6.07, 6.45) is 3.27. The minimum absolute atomic E-state index is 0. The monoisotopic (exact) mass is 374 g/mol. The van der Waals surface area contributed by atoms with Gasteiger partial charge in [-0.05, 0) is 57.7 Å². The third-order valence-electron chi connectivity index (χ3n) is 4.24. The molecule has 7 heteroatoms. The van der Waals surface area contributed by atoms with E-state index in [0.717, 1.165) is 42.8 Å². The van der Waals surface area contributed by atoms with Crippen LogP contribution in [0.15, 0.2) is 0 Å². The van der Waals surface area contributed by atoms with Gasteiger partial charge in [0.2, 0.25) is 5.91 Å². The number of thiophene rings is 1. The smallest absolute Gasteiger partial charge is 0.341 e. The predicted molar refractivity (Wildman–Crippen MR) is 100 cm³/mol. The summed E-state index contributed by atoms with van der Waals surface area (Å²) in [7, 11) is 0. The van der Waals surface area contributed by atoms with Crippen LogP contribution in [0.3, 0.4) is 0 Å². The molecular formula is C17H27ClN2O3S. The number of hydrogen-bond acceptors (Lipinski definition) is 5. The number of aryl methyl sites for hydroxylation is 1. The predicted octanol–water partition coefficient (Wildman–Crippen LogP) is 3.55. The number of carbonyl (C=O) groups excluding carboxylic acids is 2. The van der Waals surface area contributed by atoms with E-state index >= 15 is 0 Å². The van der Waals surface area contributed by atoms with Gasteiger partial charge in [-0.25, -0.2) is 4.79 Å². The van der Waals surface area contributed by atoms with Crippen LogP contribution in [0.4, 0.5) is 5.00 Å². The second-order valence-electron chi connectivity index (χ2n) is 5.86. The molecule has 1 saturated heterocycles. The van der Waals surface area contributed by atoms with Crippen LogP contribution >= 0.6 is 23.7 Å². The van der Waals surface area contributed by atoms with E-state index in [4.69, 9.17) is 4.74 Å². The number of nitrogens with one attached hydrogen (secondary N) is 2. The first-order valence-corrected chi connectivity index (χ1v) is 9.18. The lowest BCUT2D eigenvalue weighted by Gasteiger charge is -2.10. The molecule has 2 heterocycles. The van der Waals surface area contributed by atoms with E-state index in [1.165, 1.54) is 11.3 Å². The number of carbonyl (C=O) groups is 2. The fourth-order valence-electron chi connectivity index (χ4n) is 3.00. The molecule has 1 aromatic heterocycles. The second-order valence-corrected chi connectivity index (χ2v) is 7.09. The normalized spacial score (nSPS) is 16.5. The van der Waals surface area contributed by atoms with Gasteiger partial charge in [0.15, 0.2) is 0 Å². The summed E-state index contributed by atoms with van der Waals surface area (Å²) in [6, 6.07) is 0. The molecule has 1 fully saturated rings. The van der Waals surface area contributed by atoms with Crippen LogP contribution in [-0.4, -0.2) is 31.6 Å². The van der Waals surface area contributed by atoms with Crippen molar-refractivity contribution in [2.24, 2.45) is 5.92 Å². The van der Waals surface area contributed by atoms with Gasteiger partial charge < -0.3 is 15.4 Å². The van der Waals surface area contributed by atoms with Gasteiger partial charge in [-0.3, -0.25) is 4.79 Å². The van der Waals surface area contributed by atoms with E-state index < -0.39 is 0 Å². The Balaban J connectivity index is 0.00000288. The summed E-state index contributed by atoms with van der Waals surface area (Å²) in [5.74, 6) is 0.219. The molecule has 0 aliphatic carbocycles. The summed E-state index contributed by atoms with van der Waals surface area (Å²) < 4.78 is 5.16. The molecule has 1 amide bonds. The fourth-order valence-corrected chi connectivity index (χ4v) is 4.15. The molecule has 1 aliphatic rings. The zero-order valence-corrected chi connectivity index (χ0v) is 16.2. The summed E-state index contributed by atoms with van der Waals surface area (Å²) in [5, 5.41) is 6.87. The Morgan fingerprint density at radius 2 is 2.12 bits per heavy atom. The van der Waals surface area contributed by atoms with Crippen molar-refractivity contribution in [1.82, 2.24) is 5.32 Å². The highest BCUT2D eigenvalue weighted by Crippen LogP contribution is 2.34. The number of esters is 1. The van der Waals surface area contributed by atoms with Crippen LogP contribution in [0.5, 0.6) is 0 Å². The maximum atomic E-state index is 12.2. The molecule has 2 rings (SSSR count). The molecule has 5 nitrogen and oxygen atoms in total. The maximum Gasteiger partial charge on any atom is 0.341 e. The van der Waals surface area contributed by atoms with Gasteiger partial charge in [-0.15, -0.1) is 23.7 Å². The van der Waals surface area contributed by atoms with Crippen LogP contribution in [-0.2, 0) is 16.0 Å². The molecule has 0 bridgehead atoms. The Bertz CT molecular complexity index is 568. The molecule has 0 saturated carbocycles. The molecular weight excluding hydrogens is 348 g/mol. The Kier molecular flexibility index (Phi) is 8.73. The first-order valence-electron chi connectivity index (χ1n) is 8.36. The summed E-state index contributed by atoms with van der Waals surface area (Å²) >= 11 is 1.46. The third-order valence-corrected chi connectivity index (χ3v) is 5.30. The molecule has 0 spiro atoms. The van der Waals surface area contributed by atoms with Crippen molar-refractivity contribution in [2.45, 2.75) is 46.5 Å². The average molecular weight is 375 g/mol. The molecule has 1 aliphatic heterocycles. The van der Waals surface area contributed by atoms with E-state index in [2.05, 4.69) is 10.6 Å². The summed E-state index contributed by atoms with van der Waals surface area (Å²) in [6.45, 7) is 8.15. The highest BCUT2D eigenvalue weighted by molar-refractivity contribution is 7.16. The molecule has 0 aromatic carbocycles. The molecule has 0 radical (unpaired) electrons. The highest BCUT2D eigenvalue weighted by atomic mass is 35.5. The first kappa shape index (κ1) is 20.9. The van der Waals surface area contributed by atoms with Crippen molar-refractivity contribution < 1.29 is 14.3 Å². The minimum Gasteiger partial charge on any atom is -0.462 e. The molecule has 136 valence electrons. The lowest BCUT2D eigenvalue weighted by molar-refractivity contribution is -0.116. The van der Waals surface area contributed by atoms with Crippen molar-refractivity contribution in [3.8, 4) is 0 Å². The number of ether oxygens (including phenoxy) is 1. The van der Waals surface area contributed by atoms with E-state index in [-0.39, 0.29) is 24.3 Å². The fraction of sp³-hybridized carbons (Fsp3) is 0.647. The number of hydrogen-bond donors (Lipinski definition) is 2. The number of anilines is 1. The zero-order valence-electron chi connectivity index (χ0n) is 14.6. The number of halogens is 1. The second kappa shape index (κ2) is 10.0. The Labute approximate surface area is 153 Å². The van der Waals surface area contributed by atoms with E-state index in [1.54, 1.807) is 6.92 Å². The van der Waals surface area contributed by atoms with Crippen LogP contribution in [0.1, 0.15) is 53.9 Å². The zero-order chi connectivity index (χ0) is 16.8. The van der Waals surface area contributed by atoms with Crippen molar-refractivity contribution in [1.29, 1.82) is 0 Å². The SMILES string of the molecule is CCOC(=O)c1c(NC(=O)CCC2CCNC2)sc(C)c1CC.Cl. The topological polar surface area (TPSA) is 67.4 Å². The average Bonchev–Trinajstić information content (AvgIpc) is 3.12. The molecule has 2 N–H and O–H groups in total. The van der Waals surface area contributed by atoms with Gasteiger partial charge in [0.1, 0.15) is 5.00 Å². The van der Waals surface area contributed by atoms with Gasteiger partial charge >= 0.3 is 5.97 Å². The van der Waals surface area contributed by atoms with Crippen LogP contribution in [0, 0.1) is 12.8 Å². The van der Waals surface area contributed by atoms with Gasteiger partial charge in [-0.2, -0.15) is 0 Å². The molecule has 1 aromatic rings. The Morgan fingerprint density at radius 1 is 1.38 bits per heavy atom. The van der Waals surface area contributed by atoms with Crippen molar-refractivity contribution in [2.75, 3.05) is 25.0 Å². The van der Waals surface area contributed by atoms with Crippen LogP contribution in [0.25, 0.3) is 0 Å². The number of rotatable bonds is 7. The van der Waals surface area contributed by atoms with Gasteiger partial charge in [0.25, 0.3) is 0 Å². The summed E-state index contributed by atoms with van der Waals surface area (Å²) in [4.78, 5) is 25.5. The largest absolute Gasteiger partial charge is 0.462 e. The van der Waals surface area contributed by atoms with Crippen molar-refractivity contribution >= 4 is 40.6 Å². The molecule has 1 atom stereocenters. The van der Waals surface area contributed by atoms with Gasteiger partial charge in [-0.1, -0.05) is 6.92 Å². The lowest BCUT2D eigenvalue weighted by atomic mass is 10.0. The summed E-state index contributed by atoms with van der Waals surface area (Å²) in [5.41, 5.74) is 1.51. The van der Waals surface area contributed by atoms with Crippen molar-refractivity contribution in [3.63, 3.8) is 0 Å². The van der Waals surface area contributed by atoms with Crippen molar-refractivity contribution in [3.05, 3.63) is 16.0 Å². The van der Waals surface area contributed by atoms with Gasteiger partial charge in [0, 0.05) is 11.3 Å². The van der Waals surface area contributed by atoms with Crippen LogP contribution < -0.4 is 10.6 Å². The highest BCUT2D eigenvalue weighted by Gasteiger charge is 2.24. The number of amides is 1. The molecule has 1 unspecified atom stereocenters. The Hall–Kier alpha value is -1.11. The maximum absolute atomic E-state index is 12.2. The third kappa shape index (κ3) is 5.19. The van der Waals surface area contributed by atoms with E-state index in [0.29, 0.717) is 29.5 Å².